The molecule has 0 aliphatic heterocycles. The number of rotatable bonds is 6. The number of carbonyl (C=O) groups is 1. The average Bonchev–Trinajstić information content (AvgIpc) is 2.67. The summed E-state index contributed by atoms with van der Waals surface area (Å²) in [6.45, 7) is 3.63. The zero-order chi connectivity index (χ0) is 18.6. The summed E-state index contributed by atoms with van der Waals surface area (Å²) in [5, 5.41) is 3.04. The van der Waals surface area contributed by atoms with Crippen LogP contribution in [-0.2, 0) is 16.4 Å². The smallest absolute Gasteiger partial charge is 0.251 e. The van der Waals surface area contributed by atoms with Crippen LogP contribution in [0.4, 0.5) is 0 Å². The first-order valence-corrected chi connectivity index (χ1v) is 10.1. The van der Waals surface area contributed by atoms with Crippen LogP contribution in [0.3, 0.4) is 0 Å². The highest BCUT2D eigenvalue weighted by Crippen LogP contribution is 2.29. The molecule has 0 bridgehead atoms. The molecule has 136 valence electrons. The van der Waals surface area contributed by atoms with E-state index in [4.69, 9.17) is 0 Å². The molecule has 1 aliphatic rings. The van der Waals surface area contributed by atoms with Gasteiger partial charge >= 0.3 is 0 Å². The third kappa shape index (κ3) is 4.03. The molecule has 2 aromatic carbocycles. The van der Waals surface area contributed by atoms with Gasteiger partial charge in [0.05, 0.1) is 10.9 Å². The van der Waals surface area contributed by atoms with Crippen LogP contribution in [0.25, 0.3) is 0 Å². The van der Waals surface area contributed by atoms with E-state index < -0.39 is 10.0 Å². The minimum atomic E-state index is -3.66. The number of hydrogen-bond acceptors (Lipinski definition) is 3. The number of hydrogen-bond donors (Lipinski definition) is 2. The number of aryl methyl sites for hydroxylation is 1. The first kappa shape index (κ1) is 18.4. The number of carbonyl (C=O) groups excluding carboxylic acids is 1. The number of amides is 1. The molecule has 1 amide bonds. The fraction of sp³-hybridized carbons (Fsp3) is 0.250. The van der Waals surface area contributed by atoms with Gasteiger partial charge in [-0.3, -0.25) is 4.79 Å². The van der Waals surface area contributed by atoms with Crippen molar-refractivity contribution in [2.45, 2.75) is 30.2 Å². The van der Waals surface area contributed by atoms with Gasteiger partial charge in [-0.2, -0.15) is 0 Å². The second-order valence-corrected chi connectivity index (χ2v) is 8.05. The van der Waals surface area contributed by atoms with Gasteiger partial charge in [0.2, 0.25) is 10.0 Å². The molecule has 26 heavy (non-hydrogen) atoms. The van der Waals surface area contributed by atoms with Crippen LogP contribution in [0.15, 0.2) is 66.1 Å². The van der Waals surface area contributed by atoms with Gasteiger partial charge in [-0.1, -0.05) is 36.4 Å². The van der Waals surface area contributed by atoms with Gasteiger partial charge in [0.1, 0.15) is 0 Å². The van der Waals surface area contributed by atoms with Crippen LogP contribution in [0.2, 0.25) is 0 Å². The SMILES string of the molecule is C=CCNS(=O)(=O)c1cccc(C(=O)NC2CCCc3ccccc32)c1. The molecule has 2 aromatic rings. The molecule has 0 aromatic heterocycles. The Balaban J connectivity index is 1.79. The molecule has 0 heterocycles. The Bertz CT molecular complexity index is 922. The summed E-state index contributed by atoms with van der Waals surface area (Å²) in [7, 11) is -3.66. The minimum Gasteiger partial charge on any atom is -0.345 e. The maximum Gasteiger partial charge on any atom is 0.251 e. The highest BCUT2D eigenvalue weighted by atomic mass is 32.2. The van der Waals surface area contributed by atoms with Crippen LogP contribution in [-0.4, -0.2) is 20.9 Å². The Kier molecular flexibility index (Phi) is 5.54. The minimum absolute atomic E-state index is 0.0494. The summed E-state index contributed by atoms with van der Waals surface area (Å²) in [5.41, 5.74) is 2.73. The number of sulfonamides is 1. The predicted molar refractivity (Wildman–Crippen MR) is 101 cm³/mol. The second kappa shape index (κ2) is 7.85. The summed E-state index contributed by atoms with van der Waals surface area (Å²) >= 11 is 0. The highest BCUT2D eigenvalue weighted by Gasteiger charge is 2.22. The van der Waals surface area contributed by atoms with Crippen LogP contribution in [0.5, 0.6) is 0 Å². The van der Waals surface area contributed by atoms with Gasteiger partial charge in [-0.05, 0) is 48.6 Å². The lowest BCUT2D eigenvalue weighted by Gasteiger charge is -2.26. The molecule has 0 radical (unpaired) electrons. The zero-order valence-corrected chi connectivity index (χ0v) is 15.3. The van der Waals surface area contributed by atoms with Gasteiger partial charge in [-0.15, -0.1) is 6.58 Å². The summed E-state index contributed by atoms with van der Waals surface area (Å²) in [4.78, 5) is 12.7. The van der Waals surface area contributed by atoms with Crippen molar-refractivity contribution in [1.29, 1.82) is 0 Å². The Morgan fingerprint density at radius 2 is 2.00 bits per heavy atom. The number of fused-ring (bicyclic) bond motifs is 1. The molecule has 0 spiro atoms. The molecule has 1 unspecified atom stereocenters. The molecule has 0 saturated heterocycles. The van der Waals surface area contributed by atoms with Crippen molar-refractivity contribution in [3.63, 3.8) is 0 Å². The third-order valence-corrected chi connectivity index (χ3v) is 5.92. The van der Waals surface area contributed by atoms with Gasteiger partial charge in [0, 0.05) is 12.1 Å². The van der Waals surface area contributed by atoms with Crippen molar-refractivity contribution in [2.75, 3.05) is 6.54 Å². The monoisotopic (exact) mass is 370 g/mol. The van der Waals surface area contributed by atoms with E-state index in [1.54, 1.807) is 12.1 Å². The van der Waals surface area contributed by atoms with E-state index in [0.717, 1.165) is 24.8 Å². The lowest BCUT2D eigenvalue weighted by atomic mass is 9.87. The van der Waals surface area contributed by atoms with E-state index >= 15 is 0 Å². The van der Waals surface area contributed by atoms with E-state index in [1.807, 2.05) is 18.2 Å². The highest BCUT2D eigenvalue weighted by molar-refractivity contribution is 7.89. The van der Waals surface area contributed by atoms with E-state index in [2.05, 4.69) is 22.7 Å². The predicted octanol–water partition coefficient (Wildman–Crippen LogP) is 2.96. The van der Waals surface area contributed by atoms with Crippen LogP contribution >= 0.6 is 0 Å². The normalized spacial score (nSPS) is 16.5. The summed E-state index contributed by atoms with van der Waals surface area (Å²) < 4.78 is 26.9. The molecule has 1 aliphatic carbocycles. The zero-order valence-electron chi connectivity index (χ0n) is 14.4. The molecule has 0 saturated carbocycles. The van der Waals surface area contributed by atoms with Crippen molar-refractivity contribution < 1.29 is 13.2 Å². The van der Waals surface area contributed by atoms with Crippen molar-refractivity contribution in [1.82, 2.24) is 10.0 Å². The standard InChI is InChI=1S/C20H22N2O3S/c1-2-13-21-26(24,25)17-10-5-9-16(14-17)20(23)22-19-12-6-8-15-7-3-4-11-18(15)19/h2-5,7,9-11,14,19,21H,1,6,8,12-13H2,(H,22,23). The van der Waals surface area contributed by atoms with Gasteiger partial charge < -0.3 is 5.32 Å². The Hall–Kier alpha value is -2.44. The van der Waals surface area contributed by atoms with Crippen molar-refractivity contribution in [2.24, 2.45) is 0 Å². The molecule has 2 N–H and O–H groups in total. The van der Waals surface area contributed by atoms with Gasteiger partial charge in [-0.25, -0.2) is 13.1 Å². The average molecular weight is 370 g/mol. The van der Waals surface area contributed by atoms with Crippen LogP contribution in [0, 0.1) is 0 Å². The molecule has 3 rings (SSSR count). The first-order valence-electron chi connectivity index (χ1n) is 8.60. The Morgan fingerprint density at radius 1 is 1.19 bits per heavy atom. The molecule has 6 heteroatoms. The largest absolute Gasteiger partial charge is 0.345 e. The van der Waals surface area contributed by atoms with E-state index in [0.29, 0.717) is 5.56 Å². The summed E-state index contributed by atoms with van der Waals surface area (Å²) in [6.07, 6.45) is 4.38. The summed E-state index contributed by atoms with van der Waals surface area (Å²) in [6, 6.07) is 14.1. The number of nitrogens with one attached hydrogen (secondary N) is 2. The quantitative estimate of drug-likeness (QED) is 0.768. The molecular formula is C20H22N2O3S. The first-order chi connectivity index (χ1) is 12.5. The summed E-state index contributed by atoms with van der Waals surface area (Å²) in [5.74, 6) is -0.271. The Morgan fingerprint density at radius 3 is 2.81 bits per heavy atom. The molecular weight excluding hydrogens is 348 g/mol. The second-order valence-electron chi connectivity index (χ2n) is 6.29. The third-order valence-electron chi connectivity index (χ3n) is 4.50. The number of benzene rings is 2. The van der Waals surface area contributed by atoms with E-state index in [9.17, 15) is 13.2 Å². The van der Waals surface area contributed by atoms with Gasteiger partial charge in [0.25, 0.3) is 5.91 Å². The fourth-order valence-corrected chi connectivity index (χ4v) is 4.25. The molecule has 1 atom stereocenters. The Labute approximate surface area is 154 Å². The van der Waals surface area contributed by atoms with Gasteiger partial charge in [0.15, 0.2) is 0 Å². The van der Waals surface area contributed by atoms with Crippen molar-refractivity contribution >= 4 is 15.9 Å². The van der Waals surface area contributed by atoms with Crippen LogP contribution in [0.1, 0.15) is 40.4 Å². The lowest BCUT2D eigenvalue weighted by molar-refractivity contribution is 0.0932. The van der Waals surface area contributed by atoms with Crippen molar-refractivity contribution in [3.8, 4) is 0 Å². The topological polar surface area (TPSA) is 75.3 Å². The lowest BCUT2D eigenvalue weighted by Crippen LogP contribution is -2.31. The van der Waals surface area contributed by atoms with E-state index in [1.165, 1.54) is 23.8 Å². The van der Waals surface area contributed by atoms with Crippen molar-refractivity contribution in [3.05, 3.63) is 77.9 Å². The van der Waals surface area contributed by atoms with E-state index in [-0.39, 0.29) is 23.4 Å². The fourth-order valence-electron chi connectivity index (χ4n) is 3.20. The van der Waals surface area contributed by atoms with Crippen LogP contribution < -0.4 is 10.0 Å². The maximum absolute atomic E-state index is 12.7. The maximum atomic E-state index is 12.7. The molecule has 5 nitrogen and oxygen atoms in total. The molecule has 0 fully saturated rings.